The summed E-state index contributed by atoms with van der Waals surface area (Å²) in [7, 11) is 0. The van der Waals surface area contributed by atoms with Crippen LogP contribution < -0.4 is 15.4 Å². The van der Waals surface area contributed by atoms with Crippen molar-refractivity contribution in [1.29, 1.82) is 0 Å². The van der Waals surface area contributed by atoms with E-state index in [1.807, 2.05) is 24.3 Å². The van der Waals surface area contributed by atoms with Gasteiger partial charge in [-0.3, -0.25) is 4.79 Å². The summed E-state index contributed by atoms with van der Waals surface area (Å²) in [6.07, 6.45) is -0.447. The molecule has 1 aromatic carbocycles. The number of hydrogen-bond donors (Lipinski definition) is 2. The summed E-state index contributed by atoms with van der Waals surface area (Å²) in [5.74, 6) is 0.589. The van der Waals surface area contributed by atoms with E-state index >= 15 is 0 Å². The van der Waals surface area contributed by atoms with Crippen LogP contribution in [0.5, 0.6) is 5.75 Å². The van der Waals surface area contributed by atoms with Crippen LogP contribution in [-0.4, -0.2) is 12.0 Å². The van der Waals surface area contributed by atoms with Crippen molar-refractivity contribution in [3.63, 3.8) is 0 Å². The summed E-state index contributed by atoms with van der Waals surface area (Å²) in [5, 5.41) is 8.35. The van der Waals surface area contributed by atoms with Crippen LogP contribution in [0.25, 0.3) is 0 Å². The van der Waals surface area contributed by atoms with Gasteiger partial charge in [-0.1, -0.05) is 0 Å². The van der Waals surface area contributed by atoms with E-state index in [-0.39, 0.29) is 11.9 Å². The third-order valence-corrected chi connectivity index (χ3v) is 5.39. The monoisotopic (exact) mass is 366 g/mol. The molecule has 0 fully saturated rings. The number of carbonyl (C=O) groups excluding carboxylic acids is 1. The van der Waals surface area contributed by atoms with Crippen LogP contribution in [0.1, 0.15) is 24.8 Å². The van der Waals surface area contributed by atoms with Gasteiger partial charge < -0.3 is 15.4 Å². The van der Waals surface area contributed by atoms with E-state index in [1.54, 1.807) is 18.3 Å². The number of halogens is 1. The van der Waals surface area contributed by atoms with E-state index in [0.29, 0.717) is 11.4 Å². The Balaban J connectivity index is 1.80. The molecule has 2 aromatic rings. The maximum atomic E-state index is 11.7. The van der Waals surface area contributed by atoms with Gasteiger partial charge >= 0.3 is 0 Å². The number of rotatable bonds is 3. The normalized spacial score (nSPS) is 18.4. The fraction of sp³-hybridized carbons (Fsp3) is 0.267. The molecule has 21 heavy (non-hydrogen) atoms. The number of anilines is 2. The van der Waals surface area contributed by atoms with Gasteiger partial charge in [-0.15, -0.1) is 11.3 Å². The zero-order chi connectivity index (χ0) is 15.0. The highest BCUT2D eigenvalue weighted by Gasteiger charge is 2.23. The molecule has 2 heterocycles. The van der Waals surface area contributed by atoms with Crippen LogP contribution in [0.2, 0.25) is 0 Å². The molecule has 2 N–H and O–H groups in total. The molecule has 2 unspecified atom stereocenters. The number of carbonyl (C=O) groups is 1. The van der Waals surface area contributed by atoms with Crippen molar-refractivity contribution in [2.24, 2.45) is 0 Å². The lowest BCUT2D eigenvalue weighted by atomic mass is 10.2. The fourth-order valence-electron chi connectivity index (χ4n) is 2.23. The first kappa shape index (κ1) is 14.4. The van der Waals surface area contributed by atoms with Crippen LogP contribution in [0.3, 0.4) is 0 Å². The summed E-state index contributed by atoms with van der Waals surface area (Å²) < 4.78 is 6.66. The molecular formula is C15H15BrN2O2S. The smallest absolute Gasteiger partial charge is 0.265 e. The Bertz CT molecular complexity index is 686. The Kier molecular flexibility index (Phi) is 3.91. The van der Waals surface area contributed by atoms with Crippen molar-refractivity contribution in [3.8, 4) is 5.75 Å². The van der Waals surface area contributed by atoms with E-state index in [0.717, 1.165) is 10.2 Å². The maximum Gasteiger partial charge on any atom is 0.265 e. The van der Waals surface area contributed by atoms with Crippen molar-refractivity contribution >= 4 is 44.5 Å². The summed E-state index contributed by atoms with van der Waals surface area (Å²) >= 11 is 5.25. The first-order valence-corrected chi connectivity index (χ1v) is 8.33. The van der Waals surface area contributed by atoms with Crippen LogP contribution in [0, 0.1) is 0 Å². The zero-order valence-corrected chi connectivity index (χ0v) is 14.0. The summed E-state index contributed by atoms with van der Waals surface area (Å²) in [6.45, 7) is 3.84. The highest BCUT2D eigenvalue weighted by atomic mass is 79.9. The lowest BCUT2D eigenvalue weighted by Gasteiger charge is -2.24. The molecule has 110 valence electrons. The molecule has 1 amide bonds. The van der Waals surface area contributed by atoms with Gasteiger partial charge in [0.2, 0.25) is 0 Å². The van der Waals surface area contributed by atoms with Gasteiger partial charge in [0.1, 0.15) is 5.75 Å². The number of benzene rings is 1. The predicted molar refractivity (Wildman–Crippen MR) is 89.2 cm³/mol. The fourth-order valence-corrected chi connectivity index (χ4v) is 3.95. The van der Waals surface area contributed by atoms with Crippen molar-refractivity contribution < 1.29 is 9.53 Å². The maximum absolute atomic E-state index is 11.7. The van der Waals surface area contributed by atoms with Gasteiger partial charge in [-0.2, -0.15) is 0 Å². The van der Waals surface area contributed by atoms with Gasteiger partial charge in [0.05, 0.1) is 11.7 Å². The Morgan fingerprint density at radius 3 is 2.95 bits per heavy atom. The third-order valence-electron chi connectivity index (χ3n) is 3.33. The Hall–Kier alpha value is -1.53. The first-order chi connectivity index (χ1) is 10.0. The predicted octanol–water partition coefficient (Wildman–Crippen LogP) is 4.40. The topological polar surface area (TPSA) is 50.4 Å². The highest BCUT2D eigenvalue weighted by Crippen LogP contribution is 2.35. The molecule has 4 nitrogen and oxygen atoms in total. The molecule has 1 aliphatic rings. The molecule has 0 bridgehead atoms. The Morgan fingerprint density at radius 2 is 2.24 bits per heavy atom. The quantitative estimate of drug-likeness (QED) is 0.845. The molecule has 1 aliphatic heterocycles. The largest absolute Gasteiger partial charge is 0.479 e. The third kappa shape index (κ3) is 2.91. The number of fused-ring (bicyclic) bond motifs is 1. The standard InChI is InChI=1S/C15H15BrN2O2S/c1-8(14-11(16)5-6-21-14)17-10-3-4-13-12(7-10)18-15(19)9(2)20-13/h3-9,17H,1-2H3,(H,18,19). The Labute approximate surface area is 135 Å². The number of ether oxygens (including phenoxy) is 1. The minimum Gasteiger partial charge on any atom is -0.479 e. The van der Waals surface area contributed by atoms with E-state index < -0.39 is 6.10 Å². The van der Waals surface area contributed by atoms with Crippen LogP contribution >= 0.6 is 27.3 Å². The van der Waals surface area contributed by atoms with Gasteiger partial charge in [0.25, 0.3) is 5.91 Å². The lowest BCUT2D eigenvalue weighted by molar-refractivity contribution is -0.122. The van der Waals surface area contributed by atoms with Gasteiger partial charge in [-0.05, 0) is 59.4 Å². The van der Waals surface area contributed by atoms with E-state index in [9.17, 15) is 4.79 Å². The van der Waals surface area contributed by atoms with Gasteiger partial charge in [-0.25, -0.2) is 0 Å². The number of amides is 1. The van der Waals surface area contributed by atoms with E-state index in [1.165, 1.54) is 4.88 Å². The molecule has 3 rings (SSSR count). The summed E-state index contributed by atoms with van der Waals surface area (Å²) in [5.41, 5.74) is 1.65. The lowest BCUT2D eigenvalue weighted by Crippen LogP contribution is -2.34. The molecule has 0 saturated heterocycles. The second-order valence-corrected chi connectivity index (χ2v) is 6.76. The van der Waals surface area contributed by atoms with Crippen LogP contribution in [0.4, 0.5) is 11.4 Å². The molecule has 0 aliphatic carbocycles. The van der Waals surface area contributed by atoms with Gasteiger partial charge in [0, 0.05) is 15.0 Å². The molecule has 0 radical (unpaired) electrons. The van der Waals surface area contributed by atoms with Crippen molar-refractivity contribution in [2.75, 3.05) is 10.6 Å². The van der Waals surface area contributed by atoms with Crippen molar-refractivity contribution in [1.82, 2.24) is 0 Å². The summed E-state index contributed by atoms with van der Waals surface area (Å²) in [4.78, 5) is 12.9. The average molecular weight is 367 g/mol. The van der Waals surface area contributed by atoms with Crippen LogP contribution in [-0.2, 0) is 4.79 Å². The zero-order valence-electron chi connectivity index (χ0n) is 11.6. The second-order valence-electron chi connectivity index (χ2n) is 4.96. The molecular weight excluding hydrogens is 352 g/mol. The average Bonchev–Trinajstić information content (AvgIpc) is 2.87. The Morgan fingerprint density at radius 1 is 1.43 bits per heavy atom. The number of nitrogens with one attached hydrogen (secondary N) is 2. The molecule has 6 heteroatoms. The first-order valence-electron chi connectivity index (χ1n) is 6.65. The van der Waals surface area contributed by atoms with Crippen molar-refractivity contribution in [2.45, 2.75) is 26.0 Å². The second kappa shape index (κ2) is 5.69. The van der Waals surface area contributed by atoms with Gasteiger partial charge in [0.15, 0.2) is 6.10 Å². The minimum atomic E-state index is -0.447. The molecule has 2 atom stereocenters. The highest BCUT2D eigenvalue weighted by molar-refractivity contribution is 9.10. The SMILES string of the molecule is CC1Oc2ccc(NC(C)c3sccc3Br)cc2NC1=O. The van der Waals surface area contributed by atoms with Crippen LogP contribution in [0.15, 0.2) is 34.1 Å². The summed E-state index contributed by atoms with van der Waals surface area (Å²) in [6, 6.07) is 7.96. The number of thiophene rings is 1. The van der Waals surface area contributed by atoms with E-state index in [2.05, 4.69) is 38.9 Å². The molecule has 0 spiro atoms. The molecule has 0 saturated carbocycles. The van der Waals surface area contributed by atoms with E-state index in [4.69, 9.17) is 4.74 Å². The minimum absolute atomic E-state index is 0.117. The number of hydrogen-bond acceptors (Lipinski definition) is 4. The van der Waals surface area contributed by atoms with Crippen molar-refractivity contribution in [3.05, 3.63) is 39.0 Å². The molecule has 1 aromatic heterocycles.